The second-order valence-electron chi connectivity index (χ2n) is 12.9. The van der Waals surface area contributed by atoms with Crippen LogP contribution in [0.4, 0.5) is 0 Å². The largest absolute Gasteiger partial charge is 0.330 e. The molecule has 1 aliphatic carbocycles. The fourth-order valence-corrected chi connectivity index (χ4v) is 8.59. The topological polar surface area (TPSA) is 86.2 Å². The summed E-state index contributed by atoms with van der Waals surface area (Å²) in [6.45, 7) is 0. The van der Waals surface area contributed by atoms with Gasteiger partial charge in [-0.3, -0.25) is 0 Å². The Bertz CT molecular complexity index is 2980. The molecule has 0 amide bonds. The molecule has 3 aromatic heterocycles. The van der Waals surface area contributed by atoms with Gasteiger partial charge in [-0.2, -0.15) is 15.8 Å². The van der Waals surface area contributed by atoms with Crippen LogP contribution in [0.15, 0.2) is 157 Å². The van der Waals surface area contributed by atoms with Gasteiger partial charge in [0, 0.05) is 43.4 Å². The molecule has 0 aliphatic heterocycles. The maximum atomic E-state index is 11.4. The molecule has 6 aromatic carbocycles. The van der Waals surface area contributed by atoms with Crippen molar-refractivity contribution < 1.29 is 0 Å². The van der Waals surface area contributed by atoms with E-state index in [9.17, 15) is 15.8 Å². The van der Waals surface area contributed by atoms with Crippen molar-refractivity contribution in [3.63, 3.8) is 0 Å². The number of hydrogen-bond donors (Lipinski definition) is 0. The van der Waals surface area contributed by atoms with E-state index in [2.05, 4.69) is 80.4 Å². The minimum absolute atomic E-state index is 0.299. The van der Waals surface area contributed by atoms with E-state index in [1.165, 1.54) is 0 Å². The van der Waals surface area contributed by atoms with Gasteiger partial charge in [0.2, 0.25) is 0 Å². The fourth-order valence-electron chi connectivity index (χ4n) is 8.59. The predicted octanol–water partition coefficient (Wildman–Crippen LogP) is 10.6. The predicted molar refractivity (Wildman–Crippen MR) is 204 cm³/mol. The summed E-state index contributed by atoms with van der Waals surface area (Å²) in [6.07, 6.45) is 0. The molecule has 0 radical (unpaired) electrons. The molecule has 0 bridgehead atoms. The van der Waals surface area contributed by atoms with Crippen LogP contribution in [-0.2, 0) is 0 Å². The van der Waals surface area contributed by atoms with Gasteiger partial charge >= 0.3 is 0 Å². The van der Waals surface area contributed by atoms with Crippen molar-refractivity contribution >= 4 is 76.8 Å². The van der Waals surface area contributed by atoms with Gasteiger partial charge in [0.25, 0.3) is 0 Å². The minimum atomic E-state index is -0.912. The highest BCUT2D eigenvalue weighted by molar-refractivity contribution is 6.14. The first kappa shape index (κ1) is 28.7. The van der Waals surface area contributed by atoms with Crippen molar-refractivity contribution in [2.75, 3.05) is 0 Å². The van der Waals surface area contributed by atoms with Crippen LogP contribution in [0.1, 0.15) is 6.04 Å². The van der Waals surface area contributed by atoms with Gasteiger partial charge < -0.3 is 13.7 Å². The van der Waals surface area contributed by atoms with Crippen LogP contribution in [0.5, 0.6) is 0 Å². The van der Waals surface area contributed by atoms with E-state index in [0.717, 1.165) is 65.4 Å². The van der Waals surface area contributed by atoms with Gasteiger partial charge in [-0.05, 0) is 36.4 Å². The SMILES string of the molecule is N#CC1=C(n2c3ccccc3c3ccccc32)C(C#N)C(n2c3ccccc3c3ccccc32)C(C#N)=C1n1c2ccccc2c2ccccc21. The van der Waals surface area contributed by atoms with Crippen molar-refractivity contribution in [3.05, 3.63) is 157 Å². The Hall–Kier alpha value is -7.33. The molecule has 6 nitrogen and oxygen atoms in total. The van der Waals surface area contributed by atoms with E-state index < -0.39 is 12.0 Å². The summed E-state index contributed by atoms with van der Waals surface area (Å²) < 4.78 is 6.33. The molecule has 0 N–H and O–H groups in total. The number of rotatable bonds is 3. The molecule has 10 rings (SSSR count). The average molecular weight is 651 g/mol. The van der Waals surface area contributed by atoms with E-state index in [0.29, 0.717) is 22.5 Å². The van der Waals surface area contributed by atoms with Crippen LogP contribution >= 0.6 is 0 Å². The summed E-state index contributed by atoms with van der Waals surface area (Å²) in [5.41, 5.74) is 7.09. The Morgan fingerprint density at radius 2 is 0.765 bits per heavy atom. The van der Waals surface area contributed by atoms with E-state index in [1.807, 2.05) is 97.1 Å². The smallest absolute Gasteiger partial charge is 0.114 e. The number of fused-ring (bicyclic) bond motifs is 9. The first-order valence-electron chi connectivity index (χ1n) is 16.9. The van der Waals surface area contributed by atoms with Crippen LogP contribution < -0.4 is 0 Å². The van der Waals surface area contributed by atoms with Crippen molar-refractivity contribution in [2.24, 2.45) is 5.92 Å². The zero-order chi connectivity index (χ0) is 34.2. The molecule has 0 saturated carbocycles. The number of nitriles is 3. The molecule has 2 atom stereocenters. The van der Waals surface area contributed by atoms with E-state index in [1.54, 1.807) is 0 Å². The molecule has 236 valence electrons. The molecule has 2 unspecified atom stereocenters. The summed E-state index contributed by atoms with van der Waals surface area (Å²) >= 11 is 0. The Kier molecular flexibility index (Phi) is 6.09. The number of para-hydroxylation sites is 6. The monoisotopic (exact) mass is 650 g/mol. The standard InChI is InChI=1S/C45H26N6/c46-25-34-43(49-37-19-7-1-13-28(37)29-14-2-8-20-38(29)49)35(26-47)45(51-41-23-11-5-17-32(41)33-18-6-12-24-42(33)51)36(27-48)44(34)50-39-21-9-3-15-30(39)31-16-4-10-22-40(31)50/h1-24,34,43H. The second-order valence-corrected chi connectivity index (χ2v) is 12.9. The normalized spacial score (nSPS) is 16.4. The third kappa shape index (κ3) is 3.78. The molecule has 0 fully saturated rings. The molecule has 1 aliphatic rings. The van der Waals surface area contributed by atoms with Crippen LogP contribution in [-0.4, -0.2) is 13.7 Å². The number of allylic oxidation sites excluding steroid dienone is 4. The van der Waals surface area contributed by atoms with Crippen molar-refractivity contribution in [1.82, 2.24) is 13.7 Å². The third-order valence-corrected chi connectivity index (χ3v) is 10.5. The molecule has 6 heteroatoms. The highest BCUT2D eigenvalue weighted by atomic mass is 15.1. The second kappa shape index (κ2) is 10.8. The highest BCUT2D eigenvalue weighted by Crippen LogP contribution is 2.51. The van der Waals surface area contributed by atoms with Crippen molar-refractivity contribution in [2.45, 2.75) is 6.04 Å². The van der Waals surface area contributed by atoms with Gasteiger partial charge in [0.05, 0.1) is 62.8 Å². The molecule has 3 heterocycles. The Morgan fingerprint density at radius 1 is 0.412 bits per heavy atom. The summed E-state index contributed by atoms with van der Waals surface area (Å²) in [5.74, 6) is -0.912. The maximum Gasteiger partial charge on any atom is 0.114 e. The van der Waals surface area contributed by atoms with Crippen LogP contribution in [0.2, 0.25) is 0 Å². The summed E-state index contributed by atoms with van der Waals surface area (Å²) in [7, 11) is 0. The zero-order valence-corrected chi connectivity index (χ0v) is 27.2. The number of nitrogens with zero attached hydrogens (tertiary/aromatic N) is 6. The fraction of sp³-hybridized carbons (Fsp3) is 0.0444. The van der Waals surface area contributed by atoms with Gasteiger partial charge in [0.1, 0.15) is 12.0 Å². The van der Waals surface area contributed by atoms with E-state index >= 15 is 0 Å². The summed E-state index contributed by atoms with van der Waals surface area (Å²) in [4.78, 5) is 0. The van der Waals surface area contributed by atoms with Gasteiger partial charge in [0.15, 0.2) is 0 Å². The number of hydrogen-bond acceptors (Lipinski definition) is 3. The summed E-state index contributed by atoms with van der Waals surface area (Å²) in [6, 6.07) is 55.9. The molecule has 0 saturated heterocycles. The Balaban J connectivity index is 1.45. The maximum absolute atomic E-state index is 11.4. The van der Waals surface area contributed by atoms with E-state index in [4.69, 9.17) is 0 Å². The number of aromatic nitrogens is 3. The molecule has 9 aromatic rings. The average Bonchev–Trinajstić information content (AvgIpc) is 3.82. The minimum Gasteiger partial charge on any atom is -0.330 e. The molecule has 51 heavy (non-hydrogen) atoms. The van der Waals surface area contributed by atoms with Crippen LogP contribution in [0, 0.1) is 39.9 Å². The quantitative estimate of drug-likeness (QED) is 0.191. The molecule has 0 spiro atoms. The van der Waals surface area contributed by atoms with Crippen LogP contribution in [0.25, 0.3) is 76.8 Å². The van der Waals surface area contributed by atoms with Gasteiger partial charge in [-0.25, -0.2) is 0 Å². The van der Waals surface area contributed by atoms with E-state index in [-0.39, 0.29) is 0 Å². The zero-order valence-electron chi connectivity index (χ0n) is 27.2. The van der Waals surface area contributed by atoms with Gasteiger partial charge in [-0.15, -0.1) is 0 Å². The lowest BCUT2D eigenvalue weighted by Crippen LogP contribution is -2.30. The molecular weight excluding hydrogens is 625 g/mol. The lowest BCUT2D eigenvalue weighted by atomic mass is 9.80. The summed E-state index contributed by atoms with van der Waals surface area (Å²) in [5, 5.41) is 40.4. The highest BCUT2D eigenvalue weighted by Gasteiger charge is 2.43. The van der Waals surface area contributed by atoms with Crippen molar-refractivity contribution in [1.29, 1.82) is 15.8 Å². The Labute approximate surface area is 292 Å². The number of benzene rings is 6. The molecular formula is C45H26N6. The third-order valence-electron chi connectivity index (χ3n) is 10.5. The lowest BCUT2D eigenvalue weighted by Gasteiger charge is -2.35. The van der Waals surface area contributed by atoms with Gasteiger partial charge in [-0.1, -0.05) is 109 Å². The first-order valence-corrected chi connectivity index (χ1v) is 16.9. The van der Waals surface area contributed by atoms with Crippen molar-refractivity contribution in [3.8, 4) is 18.2 Å². The lowest BCUT2D eigenvalue weighted by molar-refractivity contribution is 0.541. The van der Waals surface area contributed by atoms with Crippen LogP contribution in [0.3, 0.4) is 0 Å². The first-order chi connectivity index (χ1) is 25.2. The Morgan fingerprint density at radius 3 is 1.14 bits per heavy atom.